The maximum atomic E-state index is 12.5. The number of benzene rings is 2. The van der Waals surface area contributed by atoms with Crippen molar-refractivity contribution in [1.29, 1.82) is 0 Å². The van der Waals surface area contributed by atoms with E-state index in [1.807, 2.05) is 51.1 Å². The van der Waals surface area contributed by atoms with Crippen LogP contribution < -0.4 is 5.32 Å². The van der Waals surface area contributed by atoms with Crippen LogP contribution in [0, 0.1) is 20.8 Å². The van der Waals surface area contributed by atoms with Gasteiger partial charge in [-0.3, -0.25) is 4.79 Å². The highest BCUT2D eigenvalue weighted by molar-refractivity contribution is 6.31. The van der Waals surface area contributed by atoms with Gasteiger partial charge in [0.15, 0.2) is 5.69 Å². The summed E-state index contributed by atoms with van der Waals surface area (Å²) in [5.74, 6) is -0.309. The number of hydrogen-bond donors (Lipinski definition) is 1. The van der Waals surface area contributed by atoms with Crippen LogP contribution >= 0.6 is 11.6 Å². The van der Waals surface area contributed by atoms with Crippen molar-refractivity contribution in [2.45, 2.75) is 20.8 Å². The van der Waals surface area contributed by atoms with Crippen LogP contribution in [0.4, 0.5) is 5.69 Å². The van der Waals surface area contributed by atoms with Crippen LogP contribution in [0.3, 0.4) is 0 Å². The maximum absolute atomic E-state index is 12.5. The number of aryl methyl sites for hydroxylation is 2. The third-order valence-corrected chi connectivity index (χ3v) is 4.04. The predicted octanol–water partition coefficient (Wildman–Crippen LogP) is 4.10. The van der Waals surface area contributed by atoms with Crippen LogP contribution in [0.15, 0.2) is 42.5 Å². The first-order valence-corrected chi connectivity index (χ1v) is 7.90. The number of carbonyl (C=O) groups excluding carboxylic acids is 1. The largest absolute Gasteiger partial charge is 0.320 e. The first-order chi connectivity index (χ1) is 11.5. The molecule has 6 heteroatoms. The number of hydrogen-bond acceptors (Lipinski definition) is 3. The van der Waals surface area contributed by atoms with Crippen molar-refractivity contribution in [1.82, 2.24) is 15.0 Å². The fourth-order valence-corrected chi connectivity index (χ4v) is 2.63. The number of amides is 1. The van der Waals surface area contributed by atoms with Gasteiger partial charge in [0, 0.05) is 10.7 Å². The number of nitrogens with zero attached hydrogens (tertiary/aromatic N) is 3. The molecule has 0 atom stereocenters. The van der Waals surface area contributed by atoms with Crippen molar-refractivity contribution in [2.75, 3.05) is 5.32 Å². The highest BCUT2D eigenvalue weighted by atomic mass is 35.5. The molecular weight excluding hydrogens is 324 g/mol. The third kappa shape index (κ3) is 3.16. The Morgan fingerprint density at radius 2 is 1.92 bits per heavy atom. The number of carbonyl (C=O) groups is 1. The molecule has 5 nitrogen and oxygen atoms in total. The second-order valence-corrected chi connectivity index (χ2v) is 6.12. The molecule has 0 aliphatic rings. The average molecular weight is 341 g/mol. The molecule has 1 N–H and O–H groups in total. The van der Waals surface area contributed by atoms with Gasteiger partial charge < -0.3 is 5.32 Å². The molecule has 122 valence electrons. The standard InChI is InChI=1S/C18H17ClN4O/c1-11-5-4-6-15(9-11)23-13(3)17(21-22-23)18(24)20-16-10-14(19)8-7-12(16)2/h4-10H,1-3H3,(H,20,24). The van der Waals surface area contributed by atoms with Crippen LogP contribution in [0.25, 0.3) is 5.69 Å². The smallest absolute Gasteiger partial charge is 0.278 e. The van der Waals surface area contributed by atoms with E-state index in [1.54, 1.807) is 16.8 Å². The molecule has 3 rings (SSSR count). The topological polar surface area (TPSA) is 59.8 Å². The van der Waals surface area contributed by atoms with Gasteiger partial charge in [-0.2, -0.15) is 0 Å². The average Bonchev–Trinajstić information content (AvgIpc) is 2.92. The molecule has 0 aliphatic heterocycles. The lowest BCUT2D eigenvalue weighted by Crippen LogP contribution is -2.15. The number of nitrogens with one attached hydrogen (secondary N) is 1. The van der Waals surface area contributed by atoms with Crippen LogP contribution in [-0.2, 0) is 0 Å². The third-order valence-electron chi connectivity index (χ3n) is 3.80. The molecule has 1 heterocycles. The molecule has 2 aromatic carbocycles. The summed E-state index contributed by atoms with van der Waals surface area (Å²) in [5, 5.41) is 11.6. The van der Waals surface area contributed by atoms with E-state index in [-0.39, 0.29) is 11.6 Å². The van der Waals surface area contributed by atoms with Crippen molar-refractivity contribution in [2.24, 2.45) is 0 Å². The van der Waals surface area contributed by atoms with Crippen molar-refractivity contribution in [3.63, 3.8) is 0 Å². The summed E-state index contributed by atoms with van der Waals surface area (Å²) in [6.07, 6.45) is 0. The van der Waals surface area contributed by atoms with Crippen LogP contribution in [-0.4, -0.2) is 20.9 Å². The first kappa shape index (κ1) is 16.2. The van der Waals surface area contributed by atoms with E-state index in [9.17, 15) is 4.79 Å². The minimum atomic E-state index is -0.309. The molecule has 24 heavy (non-hydrogen) atoms. The van der Waals surface area contributed by atoms with Crippen molar-refractivity contribution < 1.29 is 4.79 Å². The summed E-state index contributed by atoms with van der Waals surface area (Å²) < 4.78 is 1.66. The number of halogens is 1. The summed E-state index contributed by atoms with van der Waals surface area (Å²) in [5.41, 5.74) is 4.54. The summed E-state index contributed by atoms with van der Waals surface area (Å²) in [7, 11) is 0. The van der Waals surface area contributed by atoms with Gasteiger partial charge in [-0.1, -0.05) is 35.0 Å². The Kier molecular flexibility index (Phi) is 4.36. The molecule has 0 saturated heterocycles. The molecule has 0 spiro atoms. The Labute approximate surface area is 145 Å². The van der Waals surface area contributed by atoms with E-state index in [0.717, 1.165) is 16.8 Å². The zero-order chi connectivity index (χ0) is 17.3. The minimum absolute atomic E-state index is 0.288. The van der Waals surface area contributed by atoms with Gasteiger partial charge in [0.1, 0.15) is 0 Å². The van der Waals surface area contributed by atoms with Gasteiger partial charge in [0.25, 0.3) is 5.91 Å². The van der Waals surface area contributed by atoms with Crippen molar-refractivity contribution >= 4 is 23.2 Å². The van der Waals surface area contributed by atoms with Gasteiger partial charge in [0.05, 0.1) is 11.4 Å². The van der Waals surface area contributed by atoms with Gasteiger partial charge in [-0.05, 0) is 56.2 Å². The van der Waals surface area contributed by atoms with E-state index in [0.29, 0.717) is 16.4 Å². The molecule has 0 aliphatic carbocycles. The number of anilines is 1. The van der Waals surface area contributed by atoms with Crippen LogP contribution in [0.1, 0.15) is 27.3 Å². The zero-order valence-corrected chi connectivity index (χ0v) is 14.4. The van der Waals surface area contributed by atoms with Crippen LogP contribution in [0.5, 0.6) is 0 Å². The lowest BCUT2D eigenvalue weighted by atomic mass is 10.2. The number of aromatic nitrogens is 3. The molecule has 1 aromatic heterocycles. The van der Waals surface area contributed by atoms with Gasteiger partial charge in [-0.25, -0.2) is 4.68 Å². The molecule has 0 bridgehead atoms. The zero-order valence-electron chi connectivity index (χ0n) is 13.7. The predicted molar refractivity (Wildman–Crippen MR) is 95.0 cm³/mol. The SMILES string of the molecule is Cc1cccc(-n2nnc(C(=O)Nc3cc(Cl)ccc3C)c2C)c1. The minimum Gasteiger partial charge on any atom is -0.320 e. The Balaban J connectivity index is 1.90. The Morgan fingerprint density at radius 3 is 2.67 bits per heavy atom. The van der Waals surface area contributed by atoms with Crippen LogP contribution in [0.2, 0.25) is 5.02 Å². The quantitative estimate of drug-likeness (QED) is 0.781. The second kappa shape index (κ2) is 6.45. The summed E-state index contributed by atoms with van der Waals surface area (Å²) in [6.45, 7) is 5.73. The molecule has 0 radical (unpaired) electrons. The lowest BCUT2D eigenvalue weighted by Gasteiger charge is -2.08. The molecule has 3 aromatic rings. The van der Waals surface area contributed by atoms with Gasteiger partial charge in [0.2, 0.25) is 0 Å². The van der Waals surface area contributed by atoms with E-state index in [2.05, 4.69) is 15.6 Å². The van der Waals surface area contributed by atoms with Crippen molar-refractivity contribution in [3.8, 4) is 5.69 Å². The Morgan fingerprint density at radius 1 is 1.12 bits per heavy atom. The van der Waals surface area contributed by atoms with Gasteiger partial charge >= 0.3 is 0 Å². The fourth-order valence-electron chi connectivity index (χ4n) is 2.45. The van der Waals surface area contributed by atoms with E-state index in [4.69, 9.17) is 11.6 Å². The summed E-state index contributed by atoms with van der Waals surface area (Å²) >= 11 is 5.99. The molecule has 0 unspecified atom stereocenters. The molecular formula is C18H17ClN4O. The summed E-state index contributed by atoms with van der Waals surface area (Å²) in [6, 6.07) is 13.2. The normalized spacial score (nSPS) is 10.7. The Bertz CT molecular complexity index is 917. The summed E-state index contributed by atoms with van der Waals surface area (Å²) in [4.78, 5) is 12.5. The highest BCUT2D eigenvalue weighted by Crippen LogP contribution is 2.21. The van der Waals surface area contributed by atoms with E-state index >= 15 is 0 Å². The maximum Gasteiger partial charge on any atom is 0.278 e. The number of rotatable bonds is 3. The first-order valence-electron chi connectivity index (χ1n) is 7.52. The second-order valence-electron chi connectivity index (χ2n) is 5.69. The molecule has 0 saturated carbocycles. The Hall–Kier alpha value is -2.66. The molecule has 1 amide bonds. The molecule has 0 fully saturated rings. The van der Waals surface area contributed by atoms with E-state index < -0.39 is 0 Å². The highest BCUT2D eigenvalue weighted by Gasteiger charge is 2.18. The van der Waals surface area contributed by atoms with Gasteiger partial charge in [-0.15, -0.1) is 5.10 Å². The van der Waals surface area contributed by atoms with Crippen molar-refractivity contribution in [3.05, 3.63) is 70.0 Å². The monoisotopic (exact) mass is 340 g/mol. The van der Waals surface area contributed by atoms with E-state index in [1.165, 1.54) is 0 Å². The lowest BCUT2D eigenvalue weighted by molar-refractivity contribution is 0.102. The fraction of sp³-hybridized carbons (Fsp3) is 0.167.